The summed E-state index contributed by atoms with van der Waals surface area (Å²) in [5, 5.41) is 8.60. The maximum atomic E-state index is 11.6. The van der Waals surface area contributed by atoms with Gasteiger partial charge in [0.25, 0.3) is 0 Å². The summed E-state index contributed by atoms with van der Waals surface area (Å²) < 4.78 is 0. The van der Waals surface area contributed by atoms with Crippen LogP contribution in [0.15, 0.2) is 0 Å². The number of carbonyl (C=O) groups excluding carboxylic acids is 1. The second-order valence-corrected chi connectivity index (χ2v) is 5.93. The molecule has 0 spiro atoms. The number of carbonyl (C=O) groups is 2. The Kier molecular flexibility index (Phi) is 19.5. The van der Waals surface area contributed by atoms with Gasteiger partial charge >= 0.3 is 43.7 Å². The van der Waals surface area contributed by atoms with Crippen molar-refractivity contribution in [3.8, 4) is 0 Å². The largest absolute Gasteiger partial charge is 2.00 e. The number of unbranched alkanes of at least 4 members (excludes halogenated alkanes) is 10. The van der Waals surface area contributed by atoms with E-state index in [-0.39, 0.29) is 53.0 Å². The van der Waals surface area contributed by atoms with Crippen LogP contribution in [0.3, 0.4) is 0 Å². The first-order valence-electron chi connectivity index (χ1n) is 8.53. The third-order valence-corrected chi connectivity index (χ3v) is 3.79. The van der Waals surface area contributed by atoms with Gasteiger partial charge in [-0.2, -0.15) is 0 Å². The van der Waals surface area contributed by atoms with Crippen molar-refractivity contribution in [3.63, 3.8) is 0 Å². The average molecular weight is 342 g/mol. The number of hydrogen-bond donors (Lipinski definition) is 1. The normalized spacial score (nSPS) is 10.1. The summed E-state index contributed by atoms with van der Waals surface area (Å²) in [5.41, 5.74) is 0. The number of hydrogen-bond acceptors (Lipinski definition) is 2. The number of rotatable bonds is 14. The van der Waals surface area contributed by atoms with Crippen molar-refractivity contribution in [3.05, 3.63) is 0 Å². The molecule has 0 bridgehead atoms. The van der Waals surface area contributed by atoms with Crippen LogP contribution in [0, 0.1) is 0 Å². The van der Waals surface area contributed by atoms with Crippen LogP contribution in [0.25, 0.3) is 0 Å². The van der Waals surface area contributed by atoms with Crippen LogP contribution in [0.2, 0.25) is 0 Å². The van der Waals surface area contributed by atoms with Gasteiger partial charge in [-0.25, -0.2) is 0 Å². The van der Waals surface area contributed by atoms with Crippen molar-refractivity contribution in [2.75, 3.05) is 13.6 Å². The molecular formula is C17H35CaNO3. The molecule has 0 heterocycles. The summed E-state index contributed by atoms with van der Waals surface area (Å²) in [5.74, 6) is -1.02. The Morgan fingerprint density at radius 3 is 1.68 bits per heavy atom. The monoisotopic (exact) mass is 341 g/mol. The van der Waals surface area contributed by atoms with Crippen LogP contribution >= 0.6 is 0 Å². The van der Waals surface area contributed by atoms with Gasteiger partial charge in [-0.15, -0.1) is 0 Å². The molecule has 1 N–H and O–H groups in total. The predicted molar refractivity (Wildman–Crippen MR) is 94.3 cm³/mol. The van der Waals surface area contributed by atoms with E-state index in [2.05, 4.69) is 6.92 Å². The molecule has 0 aliphatic carbocycles. The molecular weight excluding hydrogens is 306 g/mol. The first-order valence-corrected chi connectivity index (χ1v) is 8.53. The third-order valence-electron chi connectivity index (χ3n) is 3.79. The Labute approximate surface area is 169 Å². The molecule has 0 radical (unpaired) electrons. The number of carboxylic acid groups (broad SMARTS) is 1. The quantitative estimate of drug-likeness (QED) is 0.383. The number of nitrogens with zero attached hydrogens (tertiary/aromatic N) is 1. The van der Waals surface area contributed by atoms with E-state index in [1.807, 2.05) is 0 Å². The van der Waals surface area contributed by atoms with Crippen molar-refractivity contribution in [2.24, 2.45) is 0 Å². The summed E-state index contributed by atoms with van der Waals surface area (Å²) in [6.07, 6.45) is 14.3. The summed E-state index contributed by atoms with van der Waals surface area (Å²) in [6.45, 7) is 2.04. The second kappa shape index (κ2) is 17.6. The van der Waals surface area contributed by atoms with Crippen LogP contribution in [-0.2, 0) is 9.59 Å². The van der Waals surface area contributed by atoms with Crippen LogP contribution in [-0.4, -0.2) is 73.2 Å². The molecule has 22 heavy (non-hydrogen) atoms. The van der Waals surface area contributed by atoms with Crippen molar-refractivity contribution in [1.82, 2.24) is 4.90 Å². The van der Waals surface area contributed by atoms with Crippen molar-refractivity contribution < 1.29 is 17.5 Å². The minimum atomic E-state index is -0.954. The van der Waals surface area contributed by atoms with Gasteiger partial charge in [-0.1, -0.05) is 71.1 Å². The summed E-state index contributed by atoms with van der Waals surface area (Å²) in [7, 11) is 1.55. The molecule has 0 aromatic carbocycles. The third kappa shape index (κ3) is 16.6. The molecule has 0 aliphatic heterocycles. The SMILES string of the molecule is CCCCCCCCCCCCCC(=O)N(C)CC(=O)O.[Ca+2].[H-].[H-]. The Balaban J connectivity index is -0.000000667. The first kappa shape index (κ1) is 24.5. The van der Waals surface area contributed by atoms with Gasteiger partial charge in [0, 0.05) is 13.5 Å². The molecule has 0 aromatic heterocycles. The summed E-state index contributed by atoms with van der Waals surface area (Å²) in [4.78, 5) is 23.4. The fourth-order valence-corrected chi connectivity index (χ4v) is 2.42. The van der Waals surface area contributed by atoms with E-state index in [9.17, 15) is 9.59 Å². The molecule has 0 saturated heterocycles. The van der Waals surface area contributed by atoms with E-state index in [0.717, 1.165) is 12.8 Å². The van der Waals surface area contributed by atoms with Gasteiger partial charge in [0.05, 0.1) is 0 Å². The molecule has 0 unspecified atom stereocenters. The first-order chi connectivity index (χ1) is 10.1. The fraction of sp³-hybridized carbons (Fsp3) is 0.882. The van der Waals surface area contributed by atoms with Crippen molar-refractivity contribution >= 4 is 49.6 Å². The molecule has 0 aromatic rings. The number of carboxylic acids is 1. The minimum Gasteiger partial charge on any atom is -1.00 e. The van der Waals surface area contributed by atoms with E-state index in [0.29, 0.717) is 6.42 Å². The van der Waals surface area contributed by atoms with E-state index in [1.54, 1.807) is 7.05 Å². The van der Waals surface area contributed by atoms with E-state index >= 15 is 0 Å². The standard InChI is InChI=1S/C17H33NO3.Ca.2H/c1-3-4-5-6-7-8-9-10-11-12-13-14-16(19)18(2)15-17(20)21;;;/h3-15H2,1-2H3,(H,20,21);;;/q;+2;2*-1. The van der Waals surface area contributed by atoms with Crippen molar-refractivity contribution in [2.45, 2.75) is 84.0 Å². The van der Waals surface area contributed by atoms with Gasteiger partial charge < -0.3 is 12.9 Å². The zero-order valence-electron chi connectivity index (χ0n) is 16.6. The van der Waals surface area contributed by atoms with Crippen molar-refractivity contribution in [1.29, 1.82) is 0 Å². The number of amides is 1. The molecule has 0 atom stereocenters. The fourth-order valence-electron chi connectivity index (χ4n) is 2.42. The van der Waals surface area contributed by atoms with E-state index in [1.165, 1.54) is 62.7 Å². The van der Waals surface area contributed by atoms with Gasteiger partial charge in [0.1, 0.15) is 6.54 Å². The molecule has 0 rings (SSSR count). The van der Waals surface area contributed by atoms with Gasteiger partial charge in [0.15, 0.2) is 0 Å². The Morgan fingerprint density at radius 1 is 0.864 bits per heavy atom. The smallest absolute Gasteiger partial charge is 1.00 e. The van der Waals surface area contributed by atoms with E-state index in [4.69, 9.17) is 5.11 Å². The zero-order valence-corrected chi connectivity index (χ0v) is 16.8. The van der Waals surface area contributed by atoms with Crippen LogP contribution in [0.5, 0.6) is 0 Å². The minimum absolute atomic E-state index is 0. The molecule has 0 fully saturated rings. The van der Waals surface area contributed by atoms with Crippen LogP contribution < -0.4 is 0 Å². The maximum absolute atomic E-state index is 11.6. The summed E-state index contributed by atoms with van der Waals surface area (Å²) >= 11 is 0. The molecule has 4 nitrogen and oxygen atoms in total. The second-order valence-electron chi connectivity index (χ2n) is 5.93. The predicted octanol–water partition coefficient (Wildman–Crippen LogP) is 4.07. The van der Waals surface area contributed by atoms with E-state index < -0.39 is 5.97 Å². The molecule has 5 heteroatoms. The summed E-state index contributed by atoms with van der Waals surface area (Å²) in [6, 6.07) is 0. The maximum Gasteiger partial charge on any atom is 2.00 e. The molecule has 128 valence electrons. The zero-order chi connectivity index (χ0) is 15.9. The van der Waals surface area contributed by atoms with Gasteiger partial charge in [0.2, 0.25) is 5.91 Å². The topological polar surface area (TPSA) is 57.6 Å². The number of likely N-dealkylation sites (N-methyl/N-ethyl adjacent to an activating group) is 1. The average Bonchev–Trinajstić information content (AvgIpc) is 2.43. The molecule has 0 aliphatic rings. The van der Waals surface area contributed by atoms with Crippen LogP contribution in [0.1, 0.15) is 86.8 Å². The Morgan fingerprint density at radius 2 is 1.27 bits per heavy atom. The number of aliphatic carboxylic acids is 1. The Hall–Kier alpha value is 0.200. The molecule has 1 amide bonds. The molecule has 0 saturated carbocycles. The Bertz CT molecular complexity index is 295. The van der Waals surface area contributed by atoms with Gasteiger partial charge in [-0.05, 0) is 6.42 Å². The van der Waals surface area contributed by atoms with Gasteiger partial charge in [-0.3, -0.25) is 9.59 Å². The van der Waals surface area contributed by atoms with Crippen LogP contribution in [0.4, 0.5) is 0 Å².